The number of nitrogens with one attached hydrogen (secondary N) is 1. The predicted molar refractivity (Wildman–Crippen MR) is 67.8 cm³/mol. The van der Waals surface area contributed by atoms with Gasteiger partial charge in [-0.25, -0.2) is 8.42 Å². The number of halogens is 1. The largest absolute Gasteiger partial charge is 0.350 e. The van der Waals surface area contributed by atoms with Gasteiger partial charge >= 0.3 is 0 Å². The Morgan fingerprint density at radius 2 is 2.17 bits per heavy atom. The zero-order valence-corrected chi connectivity index (χ0v) is 12.0. The molecule has 1 aromatic rings. The molecule has 0 fully saturated rings. The molecule has 0 saturated heterocycles. The number of aromatic nitrogens is 2. The summed E-state index contributed by atoms with van der Waals surface area (Å²) in [6.45, 7) is 5.73. The van der Waals surface area contributed by atoms with Crippen LogP contribution in [-0.2, 0) is 20.4 Å². The third kappa shape index (κ3) is 4.30. The quantitative estimate of drug-likeness (QED) is 0.825. The standard InChI is InChI=1S/C10H16ClN3O3S/c1-4-10(2,3)13-9(15)7-14-6-8(5-12-14)18(11,16)17/h5-6H,4,7H2,1-3H3,(H,13,15). The maximum Gasteiger partial charge on any atom is 0.264 e. The fraction of sp³-hybridized carbons (Fsp3) is 0.600. The zero-order chi connectivity index (χ0) is 14.0. The number of carbonyl (C=O) groups is 1. The van der Waals surface area contributed by atoms with Crippen LogP contribution >= 0.6 is 10.7 Å². The molecule has 0 bridgehead atoms. The van der Waals surface area contributed by atoms with Gasteiger partial charge in [-0.15, -0.1) is 0 Å². The average Bonchev–Trinajstić information content (AvgIpc) is 2.64. The van der Waals surface area contributed by atoms with Gasteiger partial charge in [-0.1, -0.05) is 6.92 Å². The molecule has 0 saturated carbocycles. The number of hydrogen-bond acceptors (Lipinski definition) is 4. The molecule has 0 atom stereocenters. The van der Waals surface area contributed by atoms with Crippen molar-refractivity contribution in [1.29, 1.82) is 0 Å². The Balaban J connectivity index is 2.69. The van der Waals surface area contributed by atoms with E-state index in [1.165, 1.54) is 10.9 Å². The van der Waals surface area contributed by atoms with Crippen LogP contribution in [0.3, 0.4) is 0 Å². The normalized spacial score (nSPS) is 12.4. The van der Waals surface area contributed by atoms with Crippen molar-refractivity contribution in [3.63, 3.8) is 0 Å². The first-order chi connectivity index (χ1) is 8.14. The summed E-state index contributed by atoms with van der Waals surface area (Å²) in [7, 11) is 1.36. The maximum atomic E-state index is 11.7. The molecule has 8 heteroatoms. The smallest absolute Gasteiger partial charge is 0.264 e. The van der Waals surface area contributed by atoms with Crippen LogP contribution in [0.5, 0.6) is 0 Å². The van der Waals surface area contributed by atoms with Crippen molar-refractivity contribution in [2.75, 3.05) is 0 Å². The van der Waals surface area contributed by atoms with E-state index in [0.717, 1.165) is 12.6 Å². The van der Waals surface area contributed by atoms with E-state index < -0.39 is 9.05 Å². The van der Waals surface area contributed by atoms with E-state index in [2.05, 4.69) is 10.4 Å². The topological polar surface area (TPSA) is 81.1 Å². The molecule has 0 unspecified atom stereocenters. The molecule has 1 rings (SSSR count). The number of rotatable bonds is 5. The van der Waals surface area contributed by atoms with Crippen LogP contribution in [0, 0.1) is 0 Å². The second kappa shape index (κ2) is 5.27. The van der Waals surface area contributed by atoms with E-state index in [9.17, 15) is 13.2 Å². The van der Waals surface area contributed by atoms with Gasteiger partial charge in [0.25, 0.3) is 9.05 Å². The monoisotopic (exact) mass is 293 g/mol. The van der Waals surface area contributed by atoms with Crippen LogP contribution in [0.2, 0.25) is 0 Å². The Labute approximate surface area is 111 Å². The van der Waals surface area contributed by atoms with E-state index in [-0.39, 0.29) is 22.9 Å². The van der Waals surface area contributed by atoms with Gasteiger partial charge in [0.15, 0.2) is 0 Å². The molecule has 18 heavy (non-hydrogen) atoms. The summed E-state index contributed by atoms with van der Waals surface area (Å²) in [5, 5.41) is 6.59. The highest BCUT2D eigenvalue weighted by atomic mass is 35.7. The van der Waals surface area contributed by atoms with Gasteiger partial charge in [0.2, 0.25) is 5.91 Å². The van der Waals surface area contributed by atoms with Crippen LogP contribution in [0.25, 0.3) is 0 Å². The van der Waals surface area contributed by atoms with E-state index >= 15 is 0 Å². The molecule has 0 aliphatic heterocycles. The Hall–Kier alpha value is -1.08. The highest BCUT2D eigenvalue weighted by Gasteiger charge is 2.19. The molecular weight excluding hydrogens is 278 g/mol. The van der Waals surface area contributed by atoms with Gasteiger partial charge in [-0.05, 0) is 20.3 Å². The number of hydrogen-bond donors (Lipinski definition) is 1. The van der Waals surface area contributed by atoms with E-state index in [1.54, 1.807) is 0 Å². The Morgan fingerprint density at radius 3 is 2.61 bits per heavy atom. The van der Waals surface area contributed by atoms with E-state index in [0.29, 0.717) is 0 Å². The minimum Gasteiger partial charge on any atom is -0.350 e. The lowest BCUT2D eigenvalue weighted by Gasteiger charge is -2.24. The first-order valence-corrected chi connectivity index (χ1v) is 7.73. The lowest BCUT2D eigenvalue weighted by atomic mass is 10.0. The van der Waals surface area contributed by atoms with Crippen molar-refractivity contribution in [2.45, 2.75) is 44.2 Å². The third-order valence-corrected chi connectivity index (χ3v) is 3.87. The number of nitrogens with zero attached hydrogens (tertiary/aromatic N) is 2. The Bertz CT molecular complexity index is 536. The van der Waals surface area contributed by atoms with Crippen LogP contribution < -0.4 is 5.32 Å². The molecule has 0 aliphatic rings. The van der Waals surface area contributed by atoms with Crippen molar-refractivity contribution >= 4 is 25.6 Å². The average molecular weight is 294 g/mol. The van der Waals surface area contributed by atoms with Gasteiger partial charge < -0.3 is 5.32 Å². The Morgan fingerprint density at radius 1 is 1.56 bits per heavy atom. The second-order valence-corrected chi connectivity index (χ2v) is 7.16. The maximum absolute atomic E-state index is 11.7. The van der Waals surface area contributed by atoms with E-state index in [1.807, 2.05) is 20.8 Å². The minimum atomic E-state index is -3.80. The predicted octanol–water partition coefficient (Wildman–Crippen LogP) is 1.12. The molecule has 6 nitrogen and oxygen atoms in total. The van der Waals surface area contributed by atoms with Crippen molar-refractivity contribution < 1.29 is 13.2 Å². The fourth-order valence-electron chi connectivity index (χ4n) is 1.21. The third-order valence-electron chi connectivity index (χ3n) is 2.56. The van der Waals surface area contributed by atoms with Crippen molar-refractivity contribution in [1.82, 2.24) is 15.1 Å². The second-order valence-electron chi connectivity index (χ2n) is 4.60. The van der Waals surface area contributed by atoms with Crippen molar-refractivity contribution in [2.24, 2.45) is 0 Å². The summed E-state index contributed by atoms with van der Waals surface area (Å²) < 4.78 is 23.3. The Kier molecular flexibility index (Phi) is 4.39. The van der Waals surface area contributed by atoms with Gasteiger partial charge in [-0.2, -0.15) is 5.10 Å². The molecule has 0 aliphatic carbocycles. The lowest BCUT2D eigenvalue weighted by Crippen LogP contribution is -2.44. The highest BCUT2D eigenvalue weighted by Crippen LogP contribution is 2.13. The van der Waals surface area contributed by atoms with Gasteiger partial charge in [0.05, 0.1) is 6.20 Å². The summed E-state index contributed by atoms with van der Waals surface area (Å²) >= 11 is 0. The molecule has 0 aromatic carbocycles. The van der Waals surface area contributed by atoms with Gasteiger partial charge in [-0.3, -0.25) is 9.48 Å². The van der Waals surface area contributed by atoms with Gasteiger partial charge in [0, 0.05) is 22.4 Å². The van der Waals surface area contributed by atoms with E-state index in [4.69, 9.17) is 10.7 Å². The molecule has 1 N–H and O–H groups in total. The summed E-state index contributed by atoms with van der Waals surface area (Å²) in [6, 6.07) is 0. The molecule has 1 heterocycles. The summed E-state index contributed by atoms with van der Waals surface area (Å²) in [5.41, 5.74) is -0.300. The minimum absolute atomic E-state index is 0.0458. The summed E-state index contributed by atoms with van der Waals surface area (Å²) in [6.07, 6.45) is 3.13. The summed E-state index contributed by atoms with van der Waals surface area (Å²) in [5.74, 6) is -0.233. The first-order valence-electron chi connectivity index (χ1n) is 5.42. The molecule has 0 spiro atoms. The van der Waals surface area contributed by atoms with Crippen LogP contribution in [-0.4, -0.2) is 29.6 Å². The number of carbonyl (C=O) groups excluding carboxylic acids is 1. The molecule has 1 amide bonds. The van der Waals surface area contributed by atoms with Crippen LogP contribution in [0.15, 0.2) is 17.3 Å². The molecule has 102 valence electrons. The first kappa shape index (κ1) is 15.0. The number of amides is 1. The van der Waals surface area contributed by atoms with Gasteiger partial charge in [0.1, 0.15) is 11.4 Å². The van der Waals surface area contributed by atoms with Crippen LogP contribution in [0.1, 0.15) is 27.2 Å². The van der Waals surface area contributed by atoms with Crippen molar-refractivity contribution in [3.8, 4) is 0 Å². The van der Waals surface area contributed by atoms with Crippen molar-refractivity contribution in [3.05, 3.63) is 12.4 Å². The molecule has 0 radical (unpaired) electrons. The fourth-order valence-corrected chi connectivity index (χ4v) is 1.87. The molecular formula is C10H16ClN3O3S. The van der Waals surface area contributed by atoms with Crippen LogP contribution in [0.4, 0.5) is 0 Å². The molecule has 1 aromatic heterocycles. The SMILES string of the molecule is CCC(C)(C)NC(=O)Cn1cc(S(=O)(=O)Cl)cn1. The highest BCUT2D eigenvalue weighted by molar-refractivity contribution is 8.13. The lowest BCUT2D eigenvalue weighted by molar-refractivity contribution is -0.123. The zero-order valence-electron chi connectivity index (χ0n) is 10.5. The summed E-state index contributed by atoms with van der Waals surface area (Å²) in [4.78, 5) is 11.6.